The summed E-state index contributed by atoms with van der Waals surface area (Å²) in [6.07, 6.45) is -0.941. The van der Waals surface area contributed by atoms with Crippen molar-refractivity contribution in [3.8, 4) is 5.75 Å². The highest BCUT2D eigenvalue weighted by molar-refractivity contribution is 6.02. The van der Waals surface area contributed by atoms with E-state index in [1.165, 1.54) is 12.1 Å². The standard InChI is InChI=1S/C26H27F3N2O4/c1-5-34-23-14-17(8-12-21(23)32)16-6-9-18(10-7-16)30-24(33)31-19-11-13-22(35-25(2,3)4)20(15-19)26(27,28)29/h6-11,13-15H,5,12H2,1-4H3,(H2,30,31,33). The number of hydrogen-bond acceptors (Lipinski definition) is 4. The topological polar surface area (TPSA) is 76.7 Å². The molecule has 0 bridgehead atoms. The zero-order valence-corrected chi connectivity index (χ0v) is 19.9. The van der Waals surface area contributed by atoms with Gasteiger partial charge in [0.05, 0.1) is 12.2 Å². The number of allylic oxidation sites excluding steroid dienone is 4. The summed E-state index contributed by atoms with van der Waals surface area (Å²) in [5.41, 5.74) is 0.261. The second-order valence-corrected chi connectivity index (χ2v) is 8.81. The van der Waals surface area contributed by atoms with Crippen LogP contribution in [0.4, 0.5) is 29.3 Å². The van der Waals surface area contributed by atoms with Gasteiger partial charge in [0.2, 0.25) is 5.78 Å². The van der Waals surface area contributed by atoms with Gasteiger partial charge in [0, 0.05) is 17.8 Å². The van der Waals surface area contributed by atoms with E-state index in [1.807, 2.05) is 0 Å². The number of rotatable bonds is 6. The van der Waals surface area contributed by atoms with Gasteiger partial charge in [-0.3, -0.25) is 4.79 Å². The molecule has 0 saturated heterocycles. The molecule has 2 aromatic carbocycles. The predicted molar refractivity (Wildman–Crippen MR) is 128 cm³/mol. The molecule has 9 heteroatoms. The second-order valence-electron chi connectivity index (χ2n) is 8.81. The third kappa shape index (κ3) is 7.11. The Bertz CT molecular complexity index is 1160. The number of urea groups is 1. The third-order valence-electron chi connectivity index (χ3n) is 4.80. The number of hydrogen-bond donors (Lipinski definition) is 2. The quantitative estimate of drug-likeness (QED) is 0.469. The lowest BCUT2D eigenvalue weighted by Crippen LogP contribution is -2.25. The largest absolute Gasteiger partial charge is 0.490 e. The maximum Gasteiger partial charge on any atom is 0.420 e. The summed E-state index contributed by atoms with van der Waals surface area (Å²) in [5, 5.41) is 5.01. The molecule has 2 N–H and O–H groups in total. The molecule has 0 spiro atoms. The fourth-order valence-corrected chi connectivity index (χ4v) is 3.35. The van der Waals surface area contributed by atoms with Gasteiger partial charge in [-0.25, -0.2) is 4.79 Å². The molecular formula is C26H27F3N2O4. The molecule has 1 aliphatic rings. The van der Waals surface area contributed by atoms with E-state index in [0.29, 0.717) is 18.1 Å². The maximum absolute atomic E-state index is 13.5. The summed E-state index contributed by atoms with van der Waals surface area (Å²) >= 11 is 0. The van der Waals surface area contributed by atoms with Crippen LogP contribution in [0.25, 0.3) is 5.57 Å². The molecule has 0 saturated carbocycles. The Morgan fingerprint density at radius 2 is 1.63 bits per heavy atom. The van der Waals surface area contributed by atoms with Crippen LogP contribution in [0.5, 0.6) is 5.75 Å². The van der Waals surface area contributed by atoms with Crippen molar-refractivity contribution < 1.29 is 32.2 Å². The summed E-state index contributed by atoms with van der Waals surface area (Å²) in [6, 6.07) is 9.50. The van der Waals surface area contributed by atoms with Crippen molar-refractivity contribution in [3.63, 3.8) is 0 Å². The highest BCUT2D eigenvalue weighted by Crippen LogP contribution is 2.39. The predicted octanol–water partition coefficient (Wildman–Crippen LogP) is 6.80. The molecule has 0 heterocycles. The minimum atomic E-state index is -4.65. The van der Waals surface area contributed by atoms with Crippen molar-refractivity contribution in [2.24, 2.45) is 0 Å². The number of carbonyl (C=O) groups is 2. The summed E-state index contributed by atoms with van der Waals surface area (Å²) in [6.45, 7) is 7.14. The third-order valence-corrected chi connectivity index (χ3v) is 4.80. The molecule has 0 unspecified atom stereocenters. The van der Waals surface area contributed by atoms with Crippen LogP contribution in [0.1, 0.15) is 45.2 Å². The highest BCUT2D eigenvalue weighted by Gasteiger charge is 2.36. The number of carbonyl (C=O) groups excluding carboxylic acids is 2. The van der Waals surface area contributed by atoms with Gasteiger partial charge in [0.25, 0.3) is 0 Å². The van der Waals surface area contributed by atoms with Crippen molar-refractivity contribution in [2.75, 3.05) is 17.2 Å². The summed E-state index contributed by atoms with van der Waals surface area (Å²) in [7, 11) is 0. The summed E-state index contributed by atoms with van der Waals surface area (Å²) in [5.74, 6) is -0.0900. The Hall–Kier alpha value is -3.75. The smallest absolute Gasteiger partial charge is 0.420 e. The Morgan fingerprint density at radius 3 is 2.23 bits per heavy atom. The van der Waals surface area contributed by atoms with E-state index < -0.39 is 23.4 Å². The van der Waals surface area contributed by atoms with Gasteiger partial charge in [-0.15, -0.1) is 0 Å². The van der Waals surface area contributed by atoms with Gasteiger partial charge < -0.3 is 20.1 Å². The second kappa shape index (κ2) is 10.2. The van der Waals surface area contributed by atoms with Crippen molar-refractivity contribution in [1.82, 2.24) is 0 Å². The Morgan fingerprint density at radius 1 is 1.00 bits per heavy atom. The fraction of sp³-hybridized carbons (Fsp3) is 0.308. The van der Waals surface area contributed by atoms with Crippen LogP contribution in [0.15, 0.2) is 60.4 Å². The van der Waals surface area contributed by atoms with E-state index >= 15 is 0 Å². The number of halogens is 3. The first kappa shape index (κ1) is 25.9. The van der Waals surface area contributed by atoms with Gasteiger partial charge in [-0.05, 0) is 75.2 Å². The normalized spacial score (nSPS) is 14.1. The lowest BCUT2D eigenvalue weighted by Gasteiger charge is -2.24. The Kier molecular flexibility index (Phi) is 7.57. The van der Waals surface area contributed by atoms with Crippen molar-refractivity contribution >= 4 is 28.8 Å². The molecule has 0 radical (unpaired) electrons. The molecule has 186 valence electrons. The molecule has 2 amide bonds. The minimum Gasteiger partial charge on any atom is -0.490 e. The van der Waals surface area contributed by atoms with Gasteiger partial charge in [-0.1, -0.05) is 18.2 Å². The van der Waals surface area contributed by atoms with Gasteiger partial charge in [-0.2, -0.15) is 13.2 Å². The minimum absolute atomic E-state index is 0.0293. The highest BCUT2D eigenvalue weighted by atomic mass is 19.4. The Balaban J connectivity index is 1.69. The van der Waals surface area contributed by atoms with E-state index in [0.717, 1.165) is 17.2 Å². The van der Waals surface area contributed by atoms with E-state index in [9.17, 15) is 22.8 Å². The SMILES string of the molecule is CCOC1=CC(c2ccc(NC(=O)Nc3ccc(OC(C)(C)C)c(C(F)(F)F)c3)cc2)=CCC1=O. The van der Waals surface area contributed by atoms with Crippen LogP contribution in [-0.4, -0.2) is 24.0 Å². The van der Waals surface area contributed by atoms with Crippen molar-refractivity contribution in [3.05, 3.63) is 71.5 Å². The summed E-state index contributed by atoms with van der Waals surface area (Å²) < 4.78 is 51.4. The first-order chi connectivity index (χ1) is 16.4. The molecule has 3 rings (SSSR count). The molecular weight excluding hydrogens is 461 g/mol. The van der Waals surface area contributed by atoms with Crippen molar-refractivity contribution in [2.45, 2.75) is 45.9 Å². The number of Topliss-reactive ketones (excluding diaryl/α,β-unsaturated/α-hetero) is 1. The molecule has 0 aliphatic heterocycles. The van der Waals surface area contributed by atoms with Crippen LogP contribution in [0.3, 0.4) is 0 Å². The lowest BCUT2D eigenvalue weighted by molar-refractivity contribution is -0.139. The molecule has 2 aromatic rings. The van der Waals surface area contributed by atoms with Crippen LogP contribution in [0.2, 0.25) is 0 Å². The maximum atomic E-state index is 13.5. The number of ether oxygens (including phenoxy) is 2. The monoisotopic (exact) mass is 488 g/mol. The van der Waals surface area contributed by atoms with Gasteiger partial charge >= 0.3 is 12.2 Å². The number of amides is 2. The number of ketones is 1. The van der Waals surface area contributed by atoms with Crippen LogP contribution in [0, 0.1) is 0 Å². The Labute approximate surface area is 201 Å². The van der Waals surface area contributed by atoms with Gasteiger partial charge in [0.15, 0.2) is 5.76 Å². The first-order valence-electron chi connectivity index (χ1n) is 11.0. The molecule has 0 atom stereocenters. The fourth-order valence-electron chi connectivity index (χ4n) is 3.35. The molecule has 0 fully saturated rings. The van der Waals surface area contributed by atoms with Crippen molar-refractivity contribution in [1.29, 1.82) is 0 Å². The van der Waals surface area contributed by atoms with E-state index in [4.69, 9.17) is 9.47 Å². The number of benzene rings is 2. The number of nitrogens with one attached hydrogen (secondary N) is 2. The zero-order valence-electron chi connectivity index (χ0n) is 19.9. The molecule has 1 aliphatic carbocycles. The van der Waals surface area contributed by atoms with Crippen LogP contribution < -0.4 is 15.4 Å². The van der Waals surface area contributed by atoms with Crippen LogP contribution >= 0.6 is 0 Å². The average Bonchev–Trinajstić information content (AvgIpc) is 2.75. The molecule has 0 aromatic heterocycles. The van der Waals surface area contributed by atoms with E-state index in [2.05, 4.69) is 10.6 Å². The number of anilines is 2. The van der Waals surface area contributed by atoms with E-state index in [1.54, 1.807) is 64.1 Å². The first-order valence-corrected chi connectivity index (χ1v) is 11.0. The lowest BCUT2D eigenvalue weighted by atomic mass is 9.98. The molecule has 6 nitrogen and oxygen atoms in total. The van der Waals surface area contributed by atoms with Gasteiger partial charge in [0.1, 0.15) is 11.4 Å². The van der Waals surface area contributed by atoms with E-state index in [-0.39, 0.29) is 23.6 Å². The zero-order chi connectivity index (χ0) is 25.8. The summed E-state index contributed by atoms with van der Waals surface area (Å²) in [4.78, 5) is 24.3. The van der Waals surface area contributed by atoms with Crippen LogP contribution in [-0.2, 0) is 15.7 Å². The average molecular weight is 489 g/mol. The number of alkyl halides is 3. The molecule has 35 heavy (non-hydrogen) atoms.